The smallest absolute Gasteiger partial charge is 0.319 e. The molecule has 0 radical (unpaired) electrons. The second-order valence-corrected chi connectivity index (χ2v) is 6.70. The zero-order chi connectivity index (χ0) is 18.1. The highest BCUT2D eigenvalue weighted by Gasteiger charge is 2.19. The number of anilines is 1. The molecule has 7 nitrogen and oxygen atoms in total. The van der Waals surface area contributed by atoms with Crippen molar-refractivity contribution in [2.24, 2.45) is 11.8 Å². The van der Waals surface area contributed by atoms with Crippen LogP contribution in [0.2, 0.25) is 0 Å². The third-order valence-corrected chi connectivity index (χ3v) is 3.69. The van der Waals surface area contributed by atoms with Crippen molar-refractivity contribution in [2.45, 2.75) is 20.3 Å². The topological polar surface area (TPSA) is 108 Å². The molecule has 0 aliphatic heterocycles. The molecule has 1 unspecified atom stereocenters. The van der Waals surface area contributed by atoms with Crippen molar-refractivity contribution in [1.29, 1.82) is 0 Å². The number of rotatable bonds is 8. The summed E-state index contributed by atoms with van der Waals surface area (Å²) in [5.74, 6) is -1.79. The molecule has 3 amide bonds. The van der Waals surface area contributed by atoms with Crippen LogP contribution in [0.5, 0.6) is 0 Å². The Morgan fingerprint density at radius 3 is 2.29 bits per heavy atom. The number of carbonyl (C=O) groups is 3. The summed E-state index contributed by atoms with van der Waals surface area (Å²) >= 11 is 3.29. The molecule has 0 saturated heterocycles. The van der Waals surface area contributed by atoms with E-state index in [1.807, 2.05) is 13.8 Å². The second-order valence-electron chi connectivity index (χ2n) is 5.78. The Hall–Kier alpha value is -2.09. The van der Waals surface area contributed by atoms with Crippen LogP contribution in [0.15, 0.2) is 28.7 Å². The van der Waals surface area contributed by atoms with Gasteiger partial charge in [0, 0.05) is 16.7 Å². The maximum Gasteiger partial charge on any atom is 0.319 e. The van der Waals surface area contributed by atoms with Gasteiger partial charge in [-0.2, -0.15) is 0 Å². The van der Waals surface area contributed by atoms with Crippen LogP contribution in [0.25, 0.3) is 0 Å². The third-order valence-electron chi connectivity index (χ3n) is 3.16. The molecule has 1 atom stereocenters. The maximum atomic E-state index is 11.7. The van der Waals surface area contributed by atoms with Gasteiger partial charge in [0.25, 0.3) is 0 Å². The summed E-state index contributed by atoms with van der Waals surface area (Å²) in [6.07, 6.45) is 0.479. The van der Waals surface area contributed by atoms with Crippen LogP contribution in [0.1, 0.15) is 20.3 Å². The number of carbonyl (C=O) groups excluding carboxylic acids is 2. The number of carboxylic acid groups (broad SMARTS) is 1. The lowest BCUT2D eigenvalue weighted by Gasteiger charge is -2.15. The highest BCUT2D eigenvalue weighted by molar-refractivity contribution is 9.10. The largest absolute Gasteiger partial charge is 0.481 e. The highest BCUT2D eigenvalue weighted by atomic mass is 79.9. The number of amides is 3. The van der Waals surface area contributed by atoms with Gasteiger partial charge in [0.1, 0.15) is 0 Å². The fourth-order valence-electron chi connectivity index (χ4n) is 2.01. The maximum absolute atomic E-state index is 11.7. The van der Waals surface area contributed by atoms with Crippen molar-refractivity contribution in [1.82, 2.24) is 10.6 Å². The summed E-state index contributed by atoms with van der Waals surface area (Å²) in [6.45, 7) is 3.66. The molecule has 1 aromatic carbocycles. The fraction of sp³-hybridized carbons (Fsp3) is 0.438. The summed E-state index contributed by atoms with van der Waals surface area (Å²) < 4.78 is 0.891. The van der Waals surface area contributed by atoms with E-state index in [2.05, 4.69) is 31.9 Å². The van der Waals surface area contributed by atoms with E-state index in [4.69, 9.17) is 5.11 Å². The molecule has 24 heavy (non-hydrogen) atoms. The average molecular weight is 400 g/mol. The Kier molecular flexibility index (Phi) is 8.25. The number of carboxylic acids is 1. The van der Waals surface area contributed by atoms with Crippen LogP contribution < -0.4 is 16.0 Å². The van der Waals surface area contributed by atoms with Crippen LogP contribution in [-0.4, -0.2) is 36.1 Å². The van der Waals surface area contributed by atoms with Gasteiger partial charge in [-0.25, -0.2) is 4.79 Å². The normalized spacial score (nSPS) is 11.7. The molecule has 4 N–H and O–H groups in total. The van der Waals surface area contributed by atoms with E-state index >= 15 is 0 Å². The molecule has 0 aliphatic carbocycles. The lowest BCUT2D eigenvalue weighted by molar-refractivity contribution is -0.142. The first-order chi connectivity index (χ1) is 11.3. The minimum atomic E-state index is -0.940. The fourth-order valence-corrected chi connectivity index (χ4v) is 2.27. The summed E-state index contributed by atoms with van der Waals surface area (Å²) in [4.78, 5) is 34.5. The molecule has 8 heteroatoms. The monoisotopic (exact) mass is 399 g/mol. The van der Waals surface area contributed by atoms with Gasteiger partial charge in [-0.1, -0.05) is 29.8 Å². The molecule has 0 aromatic heterocycles. The quantitative estimate of drug-likeness (QED) is 0.538. The van der Waals surface area contributed by atoms with Crippen molar-refractivity contribution >= 4 is 39.5 Å². The van der Waals surface area contributed by atoms with Gasteiger partial charge < -0.3 is 21.1 Å². The molecule has 0 heterocycles. The van der Waals surface area contributed by atoms with Gasteiger partial charge in [-0.15, -0.1) is 0 Å². The zero-order valence-electron chi connectivity index (χ0n) is 13.6. The van der Waals surface area contributed by atoms with Crippen molar-refractivity contribution in [2.75, 3.05) is 18.4 Å². The Morgan fingerprint density at radius 1 is 1.12 bits per heavy atom. The third kappa shape index (κ3) is 7.96. The Labute approximate surface area is 149 Å². The first-order valence-electron chi connectivity index (χ1n) is 7.58. The lowest BCUT2D eigenvalue weighted by Crippen LogP contribution is -2.41. The molecule has 132 valence electrons. The summed E-state index contributed by atoms with van der Waals surface area (Å²) in [6, 6.07) is 6.48. The second kappa shape index (κ2) is 9.92. The van der Waals surface area contributed by atoms with Crippen molar-refractivity contribution in [3.05, 3.63) is 28.7 Å². The number of benzene rings is 1. The molecule has 0 saturated carbocycles. The Morgan fingerprint density at radius 2 is 1.75 bits per heavy atom. The van der Waals surface area contributed by atoms with Crippen LogP contribution in [0, 0.1) is 11.8 Å². The minimum Gasteiger partial charge on any atom is -0.481 e. The molecule has 0 spiro atoms. The van der Waals surface area contributed by atoms with Crippen LogP contribution in [-0.2, 0) is 9.59 Å². The SMILES string of the molecule is CC(C)CC(CNC(=O)CNC(=O)Nc1ccc(Br)cc1)C(=O)O. The summed E-state index contributed by atoms with van der Waals surface area (Å²) in [7, 11) is 0. The standard InChI is InChI=1S/C16H22BrN3O4/c1-10(2)7-11(15(22)23)8-18-14(21)9-19-16(24)20-13-5-3-12(17)4-6-13/h3-6,10-11H,7-9H2,1-2H3,(H,18,21)(H,22,23)(H2,19,20,24). The van der Waals surface area contributed by atoms with Gasteiger partial charge in [0.15, 0.2) is 0 Å². The van der Waals surface area contributed by atoms with Gasteiger partial charge in [-0.05, 0) is 36.6 Å². The Balaban J connectivity index is 2.33. The lowest BCUT2D eigenvalue weighted by atomic mass is 9.97. The summed E-state index contributed by atoms with van der Waals surface area (Å²) in [5, 5.41) is 16.6. The zero-order valence-corrected chi connectivity index (χ0v) is 15.2. The van der Waals surface area contributed by atoms with E-state index in [1.165, 1.54) is 0 Å². The van der Waals surface area contributed by atoms with Gasteiger partial charge >= 0.3 is 12.0 Å². The number of aliphatic carboxylic acids is 1. The van der Waals surface area contributed by atoms with Crippen molar-refractivity contribution in [3.63, 3.8) is 0 Å². The van der Waals surface area contributed by atoms with Gasteiger partial charge in [0.2, 0.25) is 5.91 Å². The van der Waals surface area contributed by atoms with Crippen molar-refractivity contribution in [3.8, 4) is 0 Å². The highest BCUT2D eigenvalue weighted by Crippen LogP contribution is 2.13. The van der Waals surface area contributed by atoms with E-state index in [-0.39, 0.29) is 19.0 Å². The number of nitrogens with one attached hydrogen (secondary N) is 3. The first-order valence-corrected chi connectivity index (χ1v) is 8.37. The molecule has 0 aliphatic rings. The predicted octanol–water partition coefficient (Wildman–Crippen LogP) is 2.43. The molecule has 1 rings (SSSR count). The van der Waals surface area contributed by atoms with Crippen LogP contribution >= 0.6 is 15.9 Å². The average Bonchev–Trinajstić information content (AvgIpc) is 2.51. The van der Waals surface area contributed by atoms with Gasteiger partial charge in [-0.3, -0.25) is 9.59 Å². The molecular formula is C16H22BrN3O4. The van der Waals surface area contributed by atoms with Crippen molar-refractivity contribution < 1.29 is 19.5 Å². The molecule has 1 aromatic rings. The van der Waals surface area contributed by atoms with E-state index < -0.39 is 23.8 Å². The van der Waals surface area contributed by atoms with Gasteiger partial charge in [0.05, 0.1) is 12.5 Å². The molecule has 0 bridgehead atoms. The number of urea groups is 1. The van der Waals surface area contributed by atoms with E-state index in [0.29, 0.717) is 12.1 Å². The molecule has 0 fully saturated rings. The molecular weight excluding hydrogens is 378 g/mol. The van der Waals surface area contributed by atoms with E-state index in [9.17, 15) is 14.4 Å². The van der Waals surface area contributed by atoms with E-state index in [1.54, 1.807) is 24.3 Å². The minimum absolute atomic E-state index is 0.0440. The van der Waals surface area contributed by atoms with Crippen LogP contribution in [0.4, 0.5) is 10.5 Å². The first kappa shape index (κ1) is 20.0. The van der Waals surface area contributed by atoms with Crippen LogP contribution in [0.3, 0.4) is 0 Å². The summed E-state index contributed by atoms with van der Waals surface area (Å²) in [5.41, 5.74) is 0.596. The van der Waals surface area contributed by atoms with E-state index in [0.717, 1.165) is 4.47 Å². The number of halogens is 1. The predicted molar refractivity (Wildman–Crippen MR) is 94.8 cm³/mol. The number of hydrogen-bond donors (Lipinski definition) is 4. The Bertz CT molecular complexity index is 575. The number of hydrogen-bond acceptors (Lipinski definition) is 3.